The van der Waals surface area contributed by atoms with Crippen LogP contribution in [0.1, 0.15) is 207 Å². The molecule has 2 N–H and O–H groups in total. The Hall–Kier alpha value is -1.41. The molecule has 0 saturated carbocycles. The zero-order chi connectivity index (χ0) is 36.8. The molecule has 0 aromatic rings. The van der Waals surface area contributed by atoms with Crippen molar-refractivity contribution >= 4 is 29.3 Å². The van der Waals surface area contributed by atoms with Crippen molar-refractivity contribution in [2.45, 2.75) is 213 Å². The lowest BCUT2D eigenvalue weighted by Crippen LogP contribution is -2.35. The van der Waals surface area contributed by atoms with E-state index in [1.807, 2.05) is 7.05 Å². The molecule has 0 bridgehead atoms. The minimum absolute atomic E-state index is 0.00528. The molecule has 0 aliphatic rings. The van der Waals surface area contributed by atoms with Crippen molar-refractivity contribution in [2.75, 3.05) is 39.8 Å². The summed E-state index contributed by atoms with van der Waals surface area (Å²) in [5.74, 6) is -0.0152. The van der Waals surface area contributed by atoms with Gasteiger partial charge in [0.25, 0.3) is 0 Å². The first-order chi connectivity index (χ1) is 24.5. The van der Waals surface area contributed by atoms with Gasteiger partial charge in [0.15, 0.2) is 5.11 Å². The number of thiocarbonyl (C=S) groups is 1. The molecule has 1 unspecified atom stereocenters. The van der Waals surface area contributed by atoms with Crippen LogP contribution in [-0.4, -0.2) is 67.9 Å². The summed E-state index contributed by atoms with van der Waals surface area (Å²) < 4.78 is 11.3. The summed E-state index contributed by atoms with van der Waals surface area (Å²) >= 11 is 5.23. The summed E-state index contributed by atoms with van der Waals surface area (Å²) in [6.07, 6.45) is 33.0. The van der Waals surface area contributed by atoms with E-state index >= 15 is 0 Å². The lowest BCUT2D eigenvalue weighted by molar-refractivity contribution is -0.150. The van der Waals surface area contributed by atoms with Crippen molar-refractivity contribution in [3.05, 3.63) is 0 Å². The quantitative estimate of drug-likeness (QED) is 0.0370. The molecule has 0 heterocycles. The molecular weight excluding hydrogens is 643 g/mol. The number of esters is 2. The average Bonchev–Trinajstić information content (AvgIpc) is 3.11. The van der Waals surface area contributed by atoms with Crippen LogP contribution < -0.4 is 10.6 Å². The van der Waals surface area contributed by atoms with Gasteiger partial charge in [0.2, 0.25) is 0 Å². The Morgan fingerprint density at radius 2 is 1.04 bits per heavy atom. The molecule has 7 nitrogen and oxygen atoms in total. The Morgan fingerprint density at radius 3 is 1.60 bits per heavy atom. The van der Waals surface area contributed by atoms with E-state index in [1.54, 1.807) is 0 Å². The lowest BCUT2D eigenvalue weighted by Gasteiger charge is -2.22. The number of nitrogens with zero attached hydrogens (tertiary/aromatic N) is 1. The number of hydrogen-bond acceptors (Lipinski definition) is 6. The van der Waals surface area contributed by atoms with Crippen molar-refractivity contribution in [3.8, 4) is 0 Å². The standard InChI is InChI=1S/C42H83N3O4S/c1-5-8-10-12-14-22-28-38-48-40(46)32-24-18-15-20-26-35-45(37-29-34-44-42(50)43-4)36-27-21-16-19-25-33-41(47)49-39(30-7-3)31-23-17-13-11-9-6-2/h39H,5-38H2,1-4H3,(H2,43,44,50). The average molecular weight is 726 g/mol. The van der Waals surface area contributed by atoms with E-state index in [9.17, 15) is 9.59 Å². The van der Waals surface area contributed by atoms with Gasteiger partial charge in [-0.1, -0.05) is 136 Å². The topological polar surface area (TPSA) is 79.9 Å². The van der Waals surface area contributed by atoms with Crippen LogP contribution in [-0.2, 0) is 19.1 Å². The first-order valence-corrected chi connectivity index (χ1v) is 21.9. The maximum absolute atomic E-state index is 12.5. The molecule has 0 aliphatic heterocycles. The highest BCUT2D eigenvalue weighted by molar-refractivity contribution is 7.80. The molecule has 0 spiro atoms. The smallest absolute Gasteiger partial charge is 0.306 e. The van der Waals surface area contributed by atoms with Crippen LogP contribution in [0.25, 0.3) is 0 Å². The minimum atomic E-state index is -0.0205. The van der Waals surface area contributed by atoms with E-state index in [4.69, 9.17) is 21.7 Å². The number of ether oxygens (including phenoxy) is 2. The fraction of sp³-hybridized carbons (Fsp3) is 0.929. The fourth-order valence-electron chi connectivity index (χ4n) is 6.50. The third-order valence-electron chi connectivity index (χ3n) is 9.67. The number of hydrogen-bond donors (Lipinski definition) is 2. The van der Waals surface area contributed by atoms with E-state index in [1.165, 1.54) is 116 Å². The highest BCUT2D eigenvalue weighted by atomic mass is 32.1. The van der Waals surface area contributed by atoms with Crippen LogP contribution in [0.15, 0.2) is 0 Å². The first-order valence-electron chi connectivity index (χ1n) is 21.5. The highest BCUT2D eigenvalue weighted by Crippen LogP contribution is 2.16. The molecule has 1 atom stereocenters. The second-order valence-electron chi connectivity index (χ2n) is 14.5. The molecule has 0 rings (SSSR count). The largest absolute Gasteiger partial charge is 0.466 e. The molecule has 0 aromatic heterocycles. The summed E-state index contributed by atoms with van der Waals surface area (Å²) in [5.41, 5.74) is 0. The Kier molecular flexibility index (Phi) is 37.7. The van der Waals surface area contributed by atoms with Gasteiger partial charge in [-0.2, -0.15) is 0 Å². The Morgan fingerprint density at radius 1 is 0.560 bits per heavy atom. The highest BCUT2D eigenvalue weighted by Gasteiger charge is 2.13. The third-order valence-corrected chi connectivity index (χ3v) is 10.0. The van der Waals surface area contributed by atoms with Crippen molar-refractivity contribution in [1.82, 2.24) is 15.5 Å². The number of unbranched alkanes of at least 4 members (excludes halogenated alkanes) is 19. The number of carbonyl (C=O) groups excluding carboxylic acids is 2. The van der Waals surface area contributed by atoms with Crippen LogP contribution >= 0.6 is 12.2 Å². The maximum atomic E-state index is 12.5. The monoisotopic (exact) mass is 726 g/mol. The molecule has 8 heteroatoms. The molecule has 0 aromatic carbocycles. The summed E-state index contributed by atoms with van der Waals surface area (Å²) in [6, 6.07) is 0. The van der Waals surface area contributed by atoms with Gasteiger partial charge in [-0.3, -0.25) is 9.59 Å². The number of nitrogens with one attached hydrogen (secondary N) is 2. The van der Waals surface area contributed by atoms with Gasteiger partial charge >= 0.3 is 11.9 Å². The minimum Gasteiger partial charge on any atom is -0.466 e. The molecular formula is C42H83N3O4S. The molecule has 0 saturated heterocycles. The van der Waals surface area contributed by atoms with Gasteiger partial charge in [-0.25, -0.2) is 0 Å². The van der Waals surface area contributed by atoms with Gasteiger partial charge in [-0.15, -0.1) is 0 Å². The summed E-state index contributed by atoms with van der Waals surface area (Å²) in [7, 11) is 1.85. The Labute approximate surface area is 315 Å². The fourth-order valence-corrected chi connectivity index (χ4v) is 6.60. The third kappa shape index (κ3) is 35.0. The Balaban J connectivity index is 4.12. The van der Waals surface area contributed by atoms with E-state index in [0.717, 1.165) is 84.0 Å². The SMILES string of the molecule is CCCCCCCCCOC(=O)CCCCCCCN(CCCCCCCC(=O)OC(CCC)CCCCCCCC)CCCNC(=S)NC. The molecule has 0 aliphatic carbocycles. The van der Waals surface area contributed by atoms with Crippen LogP contribution in [0.2, 0.25) is 0 Å². The van der Waals surface area contributed by atoms with Gasteiger partial charge < -0.3 is 25.0 Å². The number of carbonyl (C=O) groups is 2. The van der Waals surface area contributed by atoms with Gasteiger partial charge in [0, 0.05) is 26.4 Å². The van der Waals surface area contributed by atoms with Crippen molar-refractivity contribution in [2.24, 2.45) is 0 Å². The molecule has 50 heavy (non-hydrogen) atoms. The van der Waals surface area contributed by atoms with Crippen molar-refractivity contribution < 1.29 is 19.1 Å². The van der Waals surface area contributed by atoms with Crippen LogP contribution in [0.4, 0.5) is 0 Å². The summed E-state index contributed by atoms with van der Waals surface area (Å²) in [5, 5.41) is 6.97. The van der Waals surface area contributed by atoms with E-state index in [2.05, 4.69) is 36.3 Å². The summed E-state index contributed by atoms with van der Waals surface area (Å²) in [6.45, 7) is 11.5. The Bertz CT molecular complexity index is 769. The van der Waals surface area contributed by atoms with Crippen LogP contribution in [0.5, 0.6) is 0 Å². The van der Waals surface area contributed by atoms with Crippen LogP contribution in [0.3, 0.4) is 0 Å². The van der Waals surface area contributed by atoms with Gasteiger partial charge in [-0.05, 0) is 89.6 Å². The predicted molar refractivity (Wildman–Crippen MR) is 218 cm³/mol. The van der Waals surface area contributed by atoms with Crippen molar-refractivity contribution in [3.63, 3.8) is 0 Å². The van der Waals surface area contributed by atoms with E-state index < -0.39 is 0 Å². The second-order valence-corrected chi connectivity index (χ2v) is 14.9. The molecule has 0 amide bonds. The molecule has 0 fully saturated rings. The first kappa shape index (κ1) is 48.6. The second kappa shape index (κ2) is 38.8. The van der Waals surface area contributed by atoms with Gasteiger partial charge in [0.1, 0.15) is 6.10 Å². The lowest BCUT2D eigenvalue weighted by atomic mass is 10.0. The predicted octanol–water partition coefficient (Wildman–Crippen LogP) is 11.2. The maximum Gasteiger partial charge on any atom is 0.306 e. The normalized spacial score (nSPS) is 11.9. The number of rotatable bonds is 38. The van der Waals surface area contributed by atoms with Crippen LogP contribution in [0, 0.1) is 0 Å². The molecule has 296 valence electrons. The van der Waals surface area contributed by atoms with E-state index in [0.29, 0.717) is 24.6 Å². The van der Waals surface area contributed by atoms with Gasteiger partial charge in [0.05, 0.1) is 6.61 Å². The van der Waals surface area contributed by atoms with E-state index in [-0.39, 0.29) is 18.0 Å². The molecule has 0 radical (unpaired) electrons. The summed E-state index contributed by atoms with van der Waals surface area (Å²) in [4.78, 5) is 27.2. The van der Waals surface area contributed by atoms with Crippen molar-refractivity contribution in [1.29, 1.82) is 0 Å². The zero-order valence-electron chi connectivity index (χ0n) is 33.6. The zero-order valence-corrected chi connectivity index (χ0v) is 34.4.